The van der Waals surface area contributed by atoms with Crippen molar-refractivity contribution in [3.8, 4) is 11.1 Å². The van der Waals surface area contributed by atoms with Gasteiger partial charge in [0.1, 0.15) is 0 Å². The molecule has 0 bridgehead atoms. The first-order chi connectivity index (χ1) is 14.3. The smallest absolute Gasteiger partial charge is 0.228 e. The number of carbonyl (C=O) groups is 1. The van der Waals surface area contributed by atoms with Crippen molar-refractivity contribution in [2.75, 3.05) is 11.6 Å². The second kappa shape index (κ2) is 7.89. The first-order valence-corrected chi connectivity index (χ1v) is 11.3. The molecule has 9 heteroatoms. The highest BCUT2D eigenvalue weighted by Crippen LogP contribution is 2.29. The van der Waals surface area contributed by atoms with Gasteiger partial charge in [-0.2, -0.15) is 5.10 Å². The first-order valence-electron chi connectivity index (χ1n) is 8.98. The Bertz CT molecular complexity index is 1370. The number of sulfone groups is 1. The van der Waals surface area contributed by atoms with Gasteiger partial charge in [-0.25, -0.2) is 17.9 Å². The van der Waals surface area contributed by atoms with Gasteiger partial charge < -0.3 is 5.32 Å². The standard InChI is InChI=1S/C21H17ClN4O3S/c1-30(28,29)17-10-15(18-13-24-26-8-4-7-23-21(18)26)9-16(12-17)25-20(27)11-14-5-2-3-6-19(14)22/h2-10,12-13H,11H2,1H3,(H,25,27). The van der Waals surface area contributed by atoms with Crippen LogP contribution in [0.15, 0.2) is 72.0 Å². The van der Waals surface area contributed by atoms with E-state index in [1.165, 1.54) is 6.07 Å². The molecule has 0 aliphatic heterocycles. The lowest BCUT2D eigenvalue weighted by Gasteiger charge is -2.11. The van der Waals surface area contributed by atoms with Gasteiger partial charge in [0.25, 0.3) is 0 Å². The Kier molecular flexibility index (Phi) is 5.27. The van der Waals surface area contributed by atoms with E-state index in [0.29, 0.717) is 33.0 Å². The first kappa shape index (κ1) is 20.1. The van der Waals surface area contributed by atoms with E-state index < -0.39 is 9.84 Å². The number of hydrogen-bond donors (Lipinski definition) is 1. The Morgan fingerprint density at radius 1 is 1.17 bits per heavy atom. The summed E-state index contributed by atoms with van der Waals surface area (Å²) in [6.45, 7) is 0. The summed E-state index contributed by atoms with van der Waals surface area (Å²) in [5.74, 6) is -0.308. The monoisotopic (exact) mass is 440 g/mol. The third kappa shape index (κ3) is 4.19. The molecule has 0 saturated heterocycles. The molecular formula is C21H17ClN4O3S. The van der Waals surface area contributed by atoms with E-state index in [2.05, 4.69) is 15.4 Å². The molecule has 0 aliphatic rings. The van der Waals surface area contributed by atoms with Gasteiger partial charge >= 0.3 is 0 Å². The van der Waals surface area contributed by atoms with E-state index in [1.807, 2.05) is 0 Å². The zero-order chi connectivity index (χ0) is 21.3. The maximum atomic E-state index is 12.6. The second-order valence-electron chi connectivity index (χ2n) is 6.78. The highest BCUT2D eigenvalue weighted by molar-refractivity contribution is 7.90. The molecule has 0 saturated carbocycles. The van der Waals surface area contributed by atoms with Crippen LogP contribution < -0.4 is 5.32 Å². The average molecular weight is 441 g/mol. The number of carbonyl (C=O) groups excluding carboxylic acids is 1. The predicted molar refractivity (Wildman–Crippen MR) is 115 cm³/mol. The lowest BCUT2D eigenvalue weighted by atomic mass is 10.1. The van der Waals surface area contributed by atoms with Gasteiger partial charge in [0.05, 0.1) is 17.5 Å². The van der Waals surface area contributed by atoms with Crippen LogP contribution in [0.4, 0.5) is 5.69 Å². The Morgan fingerprint density at radius 3 is 2.73 bits per heavy atom. The van der Waals surface area contributed by atoms with Crippen molar-refractivity contribution in [3.05, 3.63) is 77.7 Å². The van der Waals surface area contributed by atoms with Crippen LogP contribution in [-0.2, 0) is 21.1 Å². The molecule has 4 aromatic rings. The summed E-state index contributed by atoms with van der Waals surface area (Å²) in [5, 5.41) is 7.51. The summed E-state index contributed by atoms with van der Waals surface area (Å²) < 4.78 is 26.0. The number of fused-ring (bicyclic) bond motifs is 1. The molecule has 7 nitrogen and oxygen atoms in total. The van der Waals surface area contributed by atoms with Crippen molar-refractivity contribution < 1.29 is 13.2 Å². The van der Waals surface area contributed by atoms with Gasteiger partial charge in [0.2, 0.25) is 5.91 Å². The molecule has 0 aliphatic carbocycles. The third-order valence-electron chi connectivity index (χ3n) is 4.52. The van der Waals surface area contributed by atoms with Crippen LogP contribution >= 0.6 is 11.6 Å². The zero-order valence-corrected chi connectivity index (χ0v) is 17.5. The molecule has 1 amide bonds. The number of nitrogens with zero attached hydrogens (tertiary/aromatic N) is 3. The van der Waals surface area contributed by atoms with Crippen LogP contribution in [0.3, 0.4) is 0 Å². The molecular weight excluding hydrogens is 424 g/mol. The second-order valence-corrected chi connectivity index (χ2v) is 9.20. The fourth-order valence-electron chi connectivity index (χ4n) is 3.09. The largest absolute Gasteiger partial charge is 0.326 e. The molecule has 30 heavy (non-hydrogen) atoms. The summed E-state index contributed by atoms with van der Waals surface area (Å²) in [5.41, 5.74) is 2.86. The van der Waals surface area contributed by atoms with E-state index in [0.717, 1.165) is 6.26 Å². The van der Waals surface area contributed by atoms with Gasteiger partial charge in [0, 0.05) is 34.9 Å². The van der Waals surface area contributed by atoms with Crippen LogP contribution in [0.25, 0.3) is 16.8 Å². The average Bonchev–Trinajstić information content (AvgIpc) is 3.13. The fraction of sp³-hybridized carbons (Fsp3) is 0.0952. The lowest BCUT2D eigenvalue weighted by molar-refractivity contribution is -0.115. The predicted octanol–water partition coefficient (Wildman–Crippen LogP) is 3.63. The quantitative estimate of drug-likeness (QED) is 0.511. The van der Waals surface area contributed by atoms with Crippen LogP contribution in [0.1, 0.15) is 5.56 Å². The SMILES string of the molecule is CS(=O)(=O)c1cc(NC(=O)Cc2ccccc2Cl)cc(-c2cnn3cccnc23)c1. The summed E-state index contributed by atoms with van der Waals surface area (Å²) in [6.07, 6.45) is 6.18. The van der Waals surface area contributed by atoms with Gasteiger partial charge in [-0.1, -0.05) is 29.8 Å². The molecule has 152 valence electrons. The zero-order valence-electron chi connectivity index (χ0n) is 15.9. The Morgan fingerprint density at radius 2 is 1.97 bits per heavy atom. The van der Waals surface area contributed by atoms with Crippen LogP contribution in [0.5, 0.6) is 0 Å². The van der Waals surface area contributed by atoms with Crippen LogP contribution in [0.2, 0.25) is 5.02 Å². The van der Waals surface area contributed by atoms with Crippen molar-refractivity contribution in [2.45, 2.75) is 11.3 Å². The number of nitrogens with one attached hydrogen (secondary N) is 1. The molecule has 0 radical (unpaired) electrons. The minimum Gasteiger partial charge on any atom is -0.326 e. The molecule has 0 spiro atoms. The van der Waals surface area contributed by atoms with E-state index in [4.69, 9.17) is 11.6 Å². The van der Waals surface area contributed by atoms with Crippen molar-refractivity contribution in [1.82, 2.24) is 14.6 Å². The van der Waals surface area contributed by atoms with Gasteiger partial charge in [0.15, 0.2) is 15.5 Å². The van der Waals surface area contributed by atoms with Crippen LogP contribution in [-0.4, -0.2) is 35.2 Å². The molecule has 2 heterocycles. The Labute approximate surface area is 178 Å². The highest BCUT2D eigenvalue weighted by atomic mass is 35.5. The maximum Gasteiger partial charge on any atom is 0.228 e. The summed E-state index contributed by atoms with van der Waals surface area (Å²) >= 11 is 6.13. The number of amides is 1. The van der Waals surface area contributed by atoms with Gasteiger partial charge in [-0.3, -0.25) is 4.79 Å². The minimum absolute atomic E-state index is 0.0659. The topological polar surface area (TPSA) is 93.4 Å². The van der Waals surface area contributed by atoms with Crippen molar-refractivity contribution in [3.63, 3.8) is 0 Å². The summed E-state index contributed by atoms with van der Waals surface area (Å²) in [7, 11) is -3.51. The summed E-state index contributed by atoms with van der Waals surface area (Å²) in [6, 6.07) is 13.5. The summed E-state index contributed by atoms with van der Waals surface area (Å²) in [4.78, 5) is 17.0. The molecule has 1 N–H and O–H groups in total. The van der Waals surface area contributed by atoms with Crippen molar-refractivity contribution >= 4 is 38.7 Å². The van der Waals surface area contributed by atoms with Crippen LogP contribution in [0, 0.1) is 0 Å². The number of anilines is 1. The lowest BCUT2D eigenvalue weighted by Crippen LogP contribution is -2.15. The van der Waals surface area contributed by atoms with E-state index in [1.54, 1.807) is 65.6 Å². The number of hydrogen-bond acceptors (Lipinski definition) is 5. The number of benzene rings is 2. The normalized spacial score (nSPS) is 11.5. The molecule has 0 atom stereocenters. The molecule has 4 rings (SSSR count). The van der Waals surface area contributed by atoms with Crippen molar-refractivity contribution in [2.24, 2.45) is 0 Å². The number of halogens is 1. The van der Waals surface area contributed by atoms with E-state index in [-0.39, 0.29) is 17.2 Å². The molecule has 0 unspecified atom stereocenters. The number of aromatic nitrogens is 3. The van der Waals surface area contributed by atoms with Gasteiger partial charge in [-0.05, 0) is 41.5 Å². The molecule has 0 fully saturated rings. The molecule has 2 aromatic carbocycles. The fourth-order valence-corrected chi connectivity index (χ4v) is 3.98. The highest BCUT2D eigenvalue weighted by Gasteiger charge is 2.16. The number of rotatable bonds is 5. The minimum atomic E-state index is -3.51. The van der Waals surface area contributed by atoms with Crippen molar-refractivity contribution in [1.29, 1.82) is 0 Å². The Balaban J connectivity index is 1.72. The Hall–Kier alpha value is -3.23. The van der Waals surface area contributed by atoms with E-state index in [9.17, 15) is 13.2 Å². The van der Waals surface area contributed by atoms with Gasteiger partial charge in [-0.15, -0.1) is 0 Å². The molecule has 2 aromatic heterocycles. The van der Waals surface area contributed by atoms with E-state index >= 15 is 0 Å². The third-order valence-corrected chi connectivity index (χ3v) is 5.98. The maximum absolute atomic E-state index is 12.6.